The molecule has 23 heavy (non-hydrogen) atoms. The van der Waals surface area contributed by atoms with E-state index >= 15 is 0 Å². The van der Waals surface area contributed by atoms with E-state index in [-0.39, 0.29) is 17.9 Å². The number of amides is 1. The summed E-state index contributed by atoms with van der Waals surface area (Å²) in [5.74, 6) is 0.258. The first-order valence-corrected chi connectivity index (χ1v) is 8.96. The number of aliphatic hydroxyl groups excluding tert-OH is 1. The Morgan fingerprint density at radius 2 is 2.17 bits per heavy atom. The maximum Gasteiger partial charge on any atom is 0.234 e. The molecule has 1 saturated heterocycles. The van der Waals surface area contributed by atoms with E-state index in [1.54, 1.807) is 11.3 Å². The molecule has 2 heterocycles. The minimum Gasteiger partial charge on any atom is -0.393 e. The predicted octanol–water partition coefficient (Wildman–Crippen LogP) is 1.97. The number of para-hydroxylation sites is 1. The van der Waals surface area contributed by atoms with Crippen molar-refractivity contribution in [2.45, 2.75) is 31.8 Å². The van der Waals surface area contributed by atoms with E-state index in [1.807, 2.05) is 18.2 Å². The first-order valence-electron chi connectivity index (χ1n) is 8.14. The Morgan fingerprint density at radius 3 is 2.91 bits per heavy atom. The van der Waals surface area contributed by atoms with Crippen LogP contribution in [-0.4, -0.2) is 53.2 Å². The number of carbonyl (C=O) groups is 1. The van der Waals surface area contributed by atoms with Gasteiger partial charge in [-0.2, -0.15) is 0 Å². The molecule has 0 bridgehead atoms. The van der Waals surface area contributed by atoms with Gasteiger partial charge in [-0.25, -0.2) is 4.98 Å². The Hall–Kier alpha value is -1.50. The summed E-state index contributed by atoms with van der Waals surface area (Å²) in [6.45, 7) is 4.70. The zero-order chi connectivity index (χ0) is 16.2. The van der Waals surface area contributed by atoms with Crippen molar-refractivity contribution < 1.29 is 9.90 Å². The minimum absolute atomic E-state index is 0.0503. The number of nitrogens with zero attached hydrogens (tertiary/aromatic N) is 2. The quantitative estimate of drug-likeness (QED) is 0.878. The van der Waals surface area contributed by atoms with Crippen LogP contribution < -0.4 is 5.32 Å². The van der Waals surface area contributed by atoms with Crippen LogP contribution in [0.3, 0.4) is 0 Å². The highest BCUT2D eigenvalue weighted by molar-refractivity contribution is 7.18. The average molecular weight is 333 g/mol. The summed E-state index contributed by atoms with van der Waals surface area (Å²) in [6.07, 6.45) is 1.32. The molecule has 1 fully saturated rings. The van der Waals surface area contributed by atoms with Crippen molar-refractivity contribution in [2.24, 2.45) is 0 Å². The van der Waals surface area contributed by atoms with E-state index in [0.29, 0.717) is 13.1 Å². The Morgan fingerprint density at radius 1 is 1.43 bits per heavy atom. The SMILES string of the molecule is C[C@@H](CNC(=O)CN1CCC(O)CC1)c1nc2ccccc2s1. The van der Waals surface area contributed by atoms with Crippen LogP contribution in [0.1, 0.15) is 30.7 Å². The molecule has 0 aliphatic carbocycles. The van der Waals surface area contributed by atoms with Crippen molar-refractivity contribution in [3.8, 4) is 0 Å². The smallest absolute Gasteiger partial charge is 0.234 e. The van der Waals surface area contributed by atoms with Crippen molar-refractivity contribution in [3.63, 3.8) is 0 Å². The number of rotatable bonds is 5. The lowest BCUT2D eigenvalue weighted by molar-refractivity contribution is -0.122. The van der Waals surface area contributed by atoms with Gasteiger partial charge >= 0.3 is 0 Å². The third-order valence-electron chi connectivity index (χ3n) is 4.26. The molecule has 2 aromatic rings. The van der Waals surface area contributed by atoms with E-state index in [2.05, 4.69) is 28.2 Å². The molecule has 5 nitrogen and oxygen atoms in total. The second kappa shape index (κ2) is 7.38. The van der Waals surface area contributed by atoms with Gasteiger partial charge in [0, 0.05) is 25.6 Å². The van der Waals surface area contributed by atoms with E-state index in [0.717, 1.165) is 36.5 Å². The fourth-order valence-electron chi connectivity index (χ4n) is 2.79. The minimum atomic E-state index is -0.201. The van der Waals surface area contributed by atoms with Gasteiger partial charge in [-0.3, -0.25) is 9.69 Å². The molecule has 6 heteroatoms. The largest absolute Gasteiger partial charge is 0.393 e. The summed E-state index contributed by atoms with van der Waals surface area (Å²) in [4.78, 5) is 18.8. The van der Waals surface area contributed by atoms with Gasteiger partial charge in [0.15, 0.2) is 0 Å². The fraction of sp³-hybridized carbons (Fsp3) is 0.529. The van der Waals surface area contributed by atoms with E-state index in [4.69, 9.17) is 0 Å². The molecule has 0 radical (unpaired) electrons. The number of hydrogen-bond acceptors (Lipinski definition) is 5. The molecule has 0 saturated carbocycles. The first-order chi connectivity index (χ1) is 11.1. The number of aliphatic hydroxyl groups is 1. The lowest BCUT2D eigenvalue weighted by atomic mass is 10.1. The highest BCUT2D eigenvalue weighted by Crippen LogP contribution is 2.26. The molecule has 0 spiro atoms. The molecule has 1 atom stereocenters. The van der Waals surface area contributed by atoms with Gasteiger partial charge in [0.1, 0.15) is 0 Å². The Bertz CT molecular complexity index is 632. The molecule has 124 valence electrons. The normalized spacial score (nSPS) is 18.2. The van der Waals surface area contributed by atoms with Gasteiger partial charge in [-0.1, -0.05) is 19.1 Å². The Labute approximate surface area is 140 Å². The molecular weight excluding hydrogens is 310 g/mol. The van der Waals surface area contributed by atoms with Crippen molar-refractivity contribution in [3.05, 3.63) is 29.3 Å². The fourth-order valence-corrected chi connectivity index (χ4v) is 3.81. The number of piperidine rings is 1. The summed E-state index contributed by atoms with van der Waals surface area (Å²) >= 11 is 1.69. The summed E-state index contributed by atoms with van der Waals surface area (Å²) in [6, 6.07) is 8.11. The highest BCUT2D eigenvalue weighted by Gasteiger charge is 2.19. The topological polar surface area (TPSA) is 65.5 Å². The average Bonchev–Trinajstić information content (AvgIpc) is 2.99. The Kier molecular flexibility index (Phi) is 5.25. The lowest BCUT2D eigenvalue weighted by Gasteiger charge is -2.28. The van der Waals surface area contributed by atoms with Gasteiger partial charge in [-0.15, -0.1) is 11.3 Å². The number of thiazole rings is 1. The standard InChI is InChI=1S/C17H23N3O2S/c1-12(17-19-14-4-2-3-5-15(14)23-17)10-18-16(22)11-20-8-6-13(21)7-9-20/h2-5,12-13,21H,6-11H2,1H3,(H,18,22)/t12-/m0/s1. The monoisotopic (exact) mass is 333 g/mol. The molecule has 1 aromatic carbocycles. The number of hydrogen-bond donors (Lipinski definition) is 2. The molecule has 2 N–H and O–H groups in total. The van der Waals surface area contributed by atoms with Crippen LogP contribution in [0.15, 0.2) is 24.3 Å². The van der Waals surface area contributed by atoms with Crippen LogP contribution in [0.5, 0.6) is 0 Å². The van der Waals surface area contributed by atoms with Crippen LogP contribution >= 0.6 is 11.3 Å². The molecule has 1 amide bonds. The second-order valence-electron chi connectivity index (χ2n) is 6.23. The maximum absolute atomic E-state index is 12.1. The maximum atomic E-state index is 12.1. The number of carbonyl (C=O) groups excluding carboxylic acids is 1. The van der Waals surface area contributed by atoms with E-state index in [9.17, 15) is 9.90 Å². The van der Waals surface area contributed by atoms with E-state index in [1.165, 1.54) is 4.70 Å². The van der Waals surface area contributed by atoms with Gasteiger partial charge in [-0.05, 0) is 25.0 Å². The summed E-state index contributed by atoms with van der Waals surface area (Å²) in [7, 11) is 0. The number of benzene rings is 1. The van der Waals surface area contributed by atoms with Crippen LogP contribution in [-0.2, 0) is 4.79 Å². The number of fused-ring (bicyclic) bond motifs is 1. The van der Waals surface area contributed by atoms with Gasteiger partial charge < -0.3 is 10.4 Å². The third-order valence-corrected chi connectivity index (χ3v) is 5.53. The van der Waals surface area contributed by atoms with Gasteiger partial charge in [0.2, 0.25) is 5.91 Å². The zero-order valence-corrected chi connectivity index (χ0v) is 14.2. The highest BCUT2D eigenvalue weighted by atomic mass is 32.1. The summed E-state index contributed by atoms with van der Waals surface area (Å²) < 4.78 is 1.19. The van der Waals surface area contributed by atoms with Crippen LogP contribution in [0.25, 0.3) is 10.2 Å². The predicted molar refractivity (Wildman–Crippen MR) is 92.7 cm³/mol. The van der Waals surface area contributed by atoms with Crippen molar-refractivity contribution in [2.75, 3.05) is 26.2 Å². The number of aromatic nitrogens is 1. The van der Waals surface area contributed by atoms with Gasteiger partial charge in [0.25, 0.3) is 0 Å². The molecule has 0 unspecified atom stereocenters. The molecule has 1 aliphatic heterocycles. The summed E-state index contributed by atoms with van der Waals surface area (Å²) in [5, 5.41) is 13.6. The molecular formula is C17H23N3O2S. The second-order valence-corrected chi connectivity index (χ2v) is 7.29. The van der Waals surface area contributed by atoms with Crippen molar-refractivity contribution in [1.29, 1.82) is 0 Å². The lowest BCUT2D eigenvalue weighted by Crippen LogP contribution is -2.43. The van der Waals surface area contributed by atoms with Crippen LogP contribution in [0, 0.1) is 0 Å². The Balaban J connectivity index is 1.48. The van der Waals surface area contributed by atoms with E-state index < -0.39 is 0 Å². The number of likely N-dealkylation sites (tertiary alicyclic amines) is 1. The molecule has 3 rings (SSSR count). The molecule has 1 aliphatic rings. The van der Waals surface area contributed by atoms with Crippen molar-refractivity contribution >= 4 is 27.5 Å². The van der Waals surface area contributed by atoms with Crippen LogP contribution in [0.4, 0.5) is 0 Å². The van der Waals surface area contributed by atoms with Crippen molar-refractivity contribution in [1.82, 2.24) is 15.2 Å². The summed E-state index contributed by atoms with van der Waals surface area (Å²) in [5.41, 5.74) is 1.03. The number of nitrogens with one attached hydrogen (secondary N) is 1. The van der Waals surface area contributed by atoms with Crippen LogP contribution in [0.2, 0.25) is 0 Å². The van der Waals surface area contributed by atoms with Gasteiger partial charge in [0.05, 0.1) is 27.9 Å². The first kappa shape index (κ1) is 16.4. The molecule has 1 aromatic heterocycles. The zero-order valence-electron chi connectivity index (χ0n) is 13.4. The third kappa shape index (κ3) is 4.28.